The molecule has 0 bridgehead atoms. The summed E-state index contributed by atoms with van der Waals surface area (Å²) in [5.74, 6) is -1.55. The Labute approximate surface area is 131 Å². The number of rotatable bonds is 3. The number of carbonyl (C=O) groups is 3. The Kier molecular flexibility index (Phi) is 3.65. The van der Waals surface area contributed by atoms with E-state index >= 15 is 0 Å². The van der Waals surface area contributed by atoms with Crippen LogP contribution < -0.4 is 4.74 Å². The Hall–Kier alpha value is -2.66. The Bertz CT molecular complexity index is 752. The summed E-state index contributed by atoms with van der Waals surface area (Å²) in [5.41, 5.74) is 0.580. The zero-order valence-corrected chi connectivity index (χ0v) is 12.0. The molecule has 1 aliphatic rings. The predicted molar refractivity (Wildman–Crippen MR) is 78.9 cm³/mol. The van der Waals surface area contributed by atoms with E-state index in [1.54, 1.807) is 42.5 Å². The highest BCUT2D eigenvalue weighted by atomic mass is 35.5. The van der Waals surface area contributed by atoms with E-state index in [0.717, 1.165) is 4.90 Å². The summed E-state index contributed by atoms with van der Waals surface area (Å²) < 4.78 is 5.09. The highest BCUT2D eigenvalue weighted by molar-refractivity contribution is 6.32. The maximum atomic E-state index is 12.1. The first kappa shape index (κ1) is 14.3. The number of nitrogens with zero attached hydrogens (tertiary/aromatic N) is 1. The Morgan fingerprint density at radius 2 is 1.50 bits per heavy atom. The van der Waals surface area contributed by atoms with E-state index < -0.39 is 24.3 Å². The number of esters is 1. The van der Waals surface area contributed by atoms with Crippen molar-refractivity contribution < 1.29 is 19.1 Å². The molecule has 0 fully saturated rings. The largest absolute Gasteiger partial charge is 0.424 e. The Balaban J connectivity index is 1.75. The molecule has 0 radical (unpaired) electrons. The van der Waals surface area contributed by atoms with Crippen LogP contribution in [0.3, 0.4) is 0 Å². The van der Waals surface area contributed by atoms with Gasteiger partial charge in [-0.15, -0.1) is 0 Å². The molecule has 110 valence electrons. The number of imide groups is 1. The van der Waals surface area contributed by atoms with Crippen LogP contribution in [-0.2, 0) is 4.79 Å². The number of fused-ring (bicyclic) bond motifs is 1. The van der Waals surface area contributed by atoms with Gasteiger partial charge in [0.15, 0.2) is 0 Å². The van der Waals surface area contributed by atoms with E-state index in [9.17, 15) is 14.4 Å². The summed E-state index contributed by atoms with van der Waals surface area (Å²) in [6, 6.07) is 12.9. The second kappa shape index (κ2) is 5.61. The lowest BCUT2D eigenvalue weighted by atomic mass is 10.1. The number of ether oxygens (including phenoxy) is 1. The smallest absolute Gasteiger partial charge is 0.331 e. The summed E-state index contributed by atoms with van der Waals surface area (Å²) in [6.07, 6.45) is 0. The van der Waals surface area contributed by atoms with Crippen LogP contribution in [0.15, 0.2) is 48.5 Å². The van der Waals surface area contributed by atoms with Crippen molar-refractivity contribution in [3.63, 3.8) is 0 Å². The molecular weight excluding hydrogens is 306 g/mol. The molecule has 2 aromatic rings. The predicted octanol–water partition coefficient (Wildman–Crippen LogP) is 2.54. The van der Waals surface area contributed by atoms with Gasteiger partial charge in [0.2, 0.25) is 0 Å². The van der Waals surface area contributed by atoms with Crippen LogP contribution in [-0.4, -0.2) is 29.2 Å². The summed E-state index contributed by atoms with van der Waals surface area (Å²) in [6.45, 7) is -0.461. The van der Waals surface area contributed by atoms with Gasteiger partial charge in [0.05, 0.1) is 16.1 Å². The van der Waals surface area contributed by atoms with Gasteiger partial charge < -0.3 is 4.74 Å². The fraction of sp³-hybridized carbons (Fsp3) is 0.0625. The fourth-order valence-electron chi connectivity index (χ4n) is 2.19. The van der Waals surface area contributed by atoms with E-state index in [4.69, 9.17) is 16.3 Å². The number of para-hydroxylation sites is 1. The number of hydrogen-bond acceptors (Lipinski definition) is 4. The first-order valence-corrected chi connectivity index (χ1v) is 6.86. The zero-order chi connectivity index (χ0) is 15.7. The first-order valence-electron chi connectivity index (χ1n) is 6.48. The SMILES string of the molecule is O=C(CN1C(=O)c2ccccc2C1=O)Oc1ccccc1Cl. The second-order valence-electron chi connectivity index (χ2n) is 4.65. The van der Waals surface area contributed by atoms with Gasteiger partial charge in [-0.2, -0.15) is 0 Å². The van der Waals surface area contributed by atoms with Crippen LogP contribution in [0.25, 0.3) is 0 Å². The van der Waals surface area contributed by atoms with Crippen LogP contribution in [0.2, 0.25) is 5.02 Å². The molecule has 2 amide bonds. The van der Waals surface area contributed by atoms with Crippen molar-refractivity contribution in [2.45, 2.75) is 0 Å². The molecule has 0 saturated carbocycles. The molecule has 0 atom stereocenters. The fourth-order valence-corrected chi connectivity index (χ4v) is 2.37. The van der Waals surface area contributed by atoms with Crippen molar-refractivity contribution in [3.05, 3.63) is 64.7 Å². The van der Waals surface area contributed by atoms with Crippen LogP contribution in [0.5, 0.6) is 5.75 Å². The summed E-state index contributed by atoms with van der Waals surface area (Å²) in [7, 11) is 0. The number of halogens is 1. The van der Waals surface area contributed by atoms with Gasteiger partial charge >= 0.3 is 5.97 Å². The Morgan fingerprint density at radius 1 is 0.955 bits per heavy atom. The molecule has 2 aromatic carbocycles. The van der Waals surface area contributed by atoms with Crippen molar-refractivity contribution in [2.24, 2.45) is 0 Å². The second-order valence-corrected chi connectivity index (χ2v) is 5.05. The lowest BCUT2D eigenvalue weighted by Crippen LogP contribution is -2.36. The van der Waals surface area contributed by atoms with Crippen molar-refractivity contribution >= 4 is 29.4 Å². The Morgan fingerprint density at radius 3 is 2.09 bits per heavy atom. The average molecular weight is 316 g/mol. The van der Waals surface area contributed by atoms with E-state index in [2.05, 4.69) is 0 Å². The normalized spacial score (nSPS) is 13.2. The monoisotopic (exact) mass is 315 g/mol. The van der Waals surface area contributed by atoms with E-state index in [-0.39, 0.29) is 21.9 Å². The van der Waals surface area contributed by atoms with E-state index in [1.807, 2.05) is 0 Å². The molecule has 1 aliphatic heterocycles. The van der Waals surface area contributed by atoms with Crippen LogP contribution in [0, 0.1) is 0 Å². The lowest BCUT2D eigenvalue weighted by Gasteiger charge is -2.13. The maximum Gasteiger partial charge on any atom is 0.331 e. The summed E-state index contributed by atoms with van der Waals surface area (Å²) in [4.78, 5) is 37.1. The molecule has 0 spiro atoms. The van der Waals surface area contributed by atoms with Gasteiger partial charge in [-0.25, -0.2) is 4.79 Å². The van der Waals surface area contributed by atoms with Gasteiger partial charge in [0, 0.05) is 0 Å². The quantitative estimate of drug-likeness (QED) is 0.496. The summed E-state index contributed by atoms with van der Waals surface area (Å²) in [5, 5.41) is 0.276. The molecule has 0 aromatic heterocycles. The van der Waals surface area contributed by atoms with Gasteiger partial charge in [-0.05, 0) is 24.3 Å². The minimum atomic E-state index is -0.734. The number of carbonyl (C=O) groups excluding carboxylic acids is 3. The molecule has 3 rings (SSSR count). The number of hydrogen-bond donors (Lipinski definition) is 0. The molecule has 5 nitrogen and oxygen atoms in total. The van der Waals surface area contributed by atoms with Crippen molar-refractivity contribution in [1.82, 2.24) is 4.90 Å². The third-order valence-electron chi connectivity index (χ3n) is 3.23. The third kappa shape index (κ3) is 2.46. The minimum Gasteiger partial charge on any atom is -0.424 e. The number of benzene rings is 2. The van der Waals surface area contributed by atoms with Crippen molar-refractivity contribution in [3.8, 4) is 5.75 Å². The zero-order valence-electron chi connectivity index (χ0n) is 11.3. The molecule has 0 aliphatic carbocycles. The van der Waals surface area contributed by atoms with Crippen molar-refractivity contribution in [2.75, 3.05) is 6.54 Å². The van der Waals surface area contributed by atoms with E-state index in [1.165, 1.54) is 6.07 Å². The maximum absolute atomic E-state index is 12.1. The van der Waals surface area contributed by atoms with E-state index in [0.29, 0.717) is 0 Å². The van der Waals surface area contributed by atoms with Gasteiger partial charge in [-0.1, -0.05) is 35.9 Å². The first-order chi connectivity index (χ1) is 10.6. The van der Waals surface area contributed by atoms with Gasteiger partial charge in [0.1, 0.15) is 12.3 Å². The molecule has 1 heterocycles. The summed E-state index contributed by atoms with van der Waals surface area (Å²) >= 11 is 5.89. The molecule has 22 heavy (non-hydrogen) atoms. The molecule has 0 N–H and O–H groups in total. The molecule has 6 heteroatoms. The molecule has 0 saturated heterocycles. The highest BCUT2D eigenvalue weighted by Crippen LogP contribution is 2.25. The topological polar surface area (TPSA) is 63.7 Å². The van der Waals surface area contributed by atoms with Gasteiger partial charge in [-0.3, -0.25) is 14.5 Å². The average Bonchev–Trinajstić information content (AvgIpc) is 2.75. The molecule has 0 unspecified atom stereocenters. The minimum absolute atomic E-state index is 0.186. The van der Waals surface area contributed by atoms with Crippen LogP contribution in [0.4, 0.5) is 0 Å². The standard InChI is InChI=1S/C16H10ClNO4/c17-12-7-3-4-8-13(12)22-14(19)9-18-15(20)10-5-1-2-6-11(10)16(18)21/h1-8H,9H2. The van der Waals surface area contributed by atoms with Crippen LogP contribution in [0.1, 0.15) is 20.7 Å². The van der Waals surface area contributed by atoms with Crippen LogP contribution >= 0.6 is 11.6 Å². The highest BCUT2D eigenvalue weighted by Gasteiger charge is 2.36. The molecular formula is C16H10ClNO4. The lowest BCUT2D eigenvalue weighted by molar-refractivity contribution is -0.134. The number of amides is 2. The van der Waals surface area contributed by atoms with Gasteiger partial charge in [0.25, 0.3) is 11.8 Å². The third-order valence-corrected chi connectivity index (χ3v) is 3.54. The van der Waals surface area contributed by atoms with Crippen molar-refractivity contribution in [1.29, 1.82) is 0 Å².